The zero-order chi connectivity index (χ0) is 40.1. The van der Waals surface area contributed by atoms with Crippen LogP contribution < -0.4 is 20.1 Å². The Bertz CT molecular complexity index is 2080. The molecule has 1 aliphatic carbocycles. The van der Waals surface area contributed by atoms with E-state index in [2.05, 4.69) is 43.9 Å². The van der Waals surface area contributed by atoms with Crippen LogP contribution in [0, 0.1) is 16.0 Å². The molecule has 2 aromatic carbocycles. The number of hydrogen-bond acceptors (Lipinski definition) is 11. The molecule has 3 aliphatic rings. The van der Waals surface area contributed by atoms with E-state index in [1.807, 2.05) is 4.90 Å². The number of hydrogen-bond donors (Lipinski definition) is 1. The molecule has 2 atom stereocenters. The van der Waals surface area contributed by atoms with Crippen LogP contribution in [0.25, 0.3) is 11.0 Å². The number of para-hydroxylation sites is 1. The zero-order valence-corrected chi connectivity index (χ0v) is 33.3. The summed E-state index contributed by atoms with van der Waals surface area (Å²) in [5.74, 6) is 1.96. The SMILES string of the molecule is CCCCN(CCCN1CCc2cc(OC)c(OC)cc2[C@@]12CCCCC2C(=O)N1CCN(c2ncnc3c2cnn3Cc2ccccc2[N+](=O)[O-])CC1)C(N)=O. The fourth-order valence-electron chi connectivity index (χ4n) is 9.38. The van der Waals surface area contributed by atoms with E-state index in [9.17, 15) is 14.9 Å². The molecule has 16 heteroatoms. The lowest BCUT2D eigenvalue weighted by Gasteiger charge is -2.55. The van der Waals surface area contributed by atoms with Gasteiger partial charge < -0.3 is 29.9 Å². The van der Waals surface area contributed by atoms with Crippen molar-refractivity contribution in [3.05, 3.63) is 75.7 Å². The minimum absolute atomic E-state index is 0.0341. The topological polar surface area (TPSA) is 178 Å². The van der Waals surface area contributed by atoms with Gasteiger partial charge in [0.15, 0.2) is 17.1 Å². The van der Waals surface area contributed by atoms with Crippen molar-refractivity contribution >= 4 is 34.5 Å². The summed E-state index contributed by atoms with van der Waals surface area (Å²) in [5, 5.41) is 17.0. The van der Waals surface area contributed by atoms with Gasteiger partial charge in [-0.2, -0.15) is 5.10 Å². The number of nitro benzene ring substituents is 1. The summed E-state index contributed by atoms with van der Waals surface area (Å²) in [6.45, 7) is 7.27. The smallest absolute Gasteiger partial charge is 0.314 e. The first kappa shape index (κ1) is 39.7. The van der Waals surface area contributed by atoms with Crippen molar-refractivity contribution in [2.45, 2.75) is 70.4 Å². The van der Waals surface area contributed by atoms with E-state index in [0.717, 1.165) is 81.2 Å². The number of nitro groups is 1. The Labute approximate surface area is 333 Å². The van der Waals surface area contributed by atoms with Gasteiger partial charge in [-0.25, -0.2) is 19.4 Å². The number of fused-ring (bicyclic) bond motifs is 3. The highest BCUT2D eigenvalue weighted by molar-refractivity contribution is 5.87. The third kappa shape index (κ3) is 7.78. The summed E-state index contributed by atoms with van der Waals surface area (Å²) in [7, 11) is 3.31. The summed E-state index contributed by atoms with van der Waals surface area (Å²) in [6.07, 6.45) is 10.3. The molecule has 3 amide bonds. The average Bonchev–Trinajstić information content (AvgIpc) is 3.65. The Hall–Kier alpha value is -5.51. The third-order valence-electron chi connectivity index (χ3n) is 12.2. The minimum Gasteiger partial charge on any atom is -0.493 e. The lowest BCUT2D eigenvalue weighted by Crippen LogP contribution is -2.62. The van der Waals surface area contributed by atoms with Crippen LogP contribution in [0.4, 0.5) is 16.3 Å². The number of unbranched alkanes of at least 4 members (excludes halogenated alkanes) is 1. The van der Waals surface area contributed by atoms with E-state index in [-0.39, 0.29) is 35.0 Å². The molecule has 4 aromatic rings. The van der Waals surface area contributed by atoms with Crippen LogP contribution in [0.15, 0.2) is 48.9 Å². The van der Waals surface area contributed by atoms with E-state index in [1.54, 1.807) is 48.2 Å². The first-order valence-electron chi connectivity index (χ1n) is 20.2. The van der Waals surface area contributed by atoms with Crippen LogP contribution >= 0.6 is 0 Å². The van der Waals surface area contributed by atoms with Gasteiger partial charge in [-0.15, -0.1) is 0 Å². The molecule has 304 valence electrons. The second-order valence-electron chi connectivity index (χ2n) is 15.3. The molecule has 7 rings (SSSR count). The number of piperazine rings is 1. The second-order valence-corrected chi connectivity index (χ2v) is 15.3. The number of aromatic nitrogens is 4. The first-order chi connectivity index (χ1) is 27.7. The maximum Gasteiger partial charge on any atom is 0.314 e. The number of carbonyl (C=O) groups is 2. The van der Waals surface area contributed by atoms with E-state index in [4.69, 9.17) is 15.2 Å². The van der Waals surface area contributed by atoms with Crippen LogP contribution in [-0.2, 0) is 23.3 Å². The molecule has 16 nitrogen and oxygen atoms in total. The predicted octanol–water partition coefficient (Wildman–Crippen LogP) is 4.96. The molecule has 2 N–H and O–H groups in total. The highest BCUT2D eigenvalue weighted by atomic mass is 16.6. The van der Waals surface area contributed by atoms with E-state index < -0.39 is 5.54 Å². The molecule has 1 spiro atoms. The van der Waals surface area contributed by atoms with E-state index in [1.165, 1.54) is 18.0 Å². The molecule has 2 aliphatic heterocycles. The number of urea groups is 1. The van der Waals surface area contributed by atoms with Crippen molar-refractivity contribution < 1.29 is 24.0 Å². The zero-order valence-electron chi connectivity index (χ0n) is 33.3. The molecule has 1 saturated heterocycles. The van der Waals surface area contributed by atoms with Gasteiger partial charge in [0, 0.05) is 58.4 Å². The van der Waals surface area contributed by atoms with Gasteiger partial charge in [-0.1, -0.05) is 44.4 Å². The number of nitrogens with two attached hydrogens (primary N) is 1. The molecule has 0 bridgehead atoms. The van der Waals surface area contributed by atoms with Crippen molar-refractivity contribution in [1.82, 2.24) is 34.4 Å². The first-order valence-corrected chi connectivity index (χ1v) is 20.2. The average molecular weight is 783 g/mol. The lowest BCUT2D eigenvalue weighted by molar-refractivity contribution is -0.385. The monoisotopic (exact) mass is 782 g/mol. The molecular formula is C41H54N10O6. The molecule has 4 heterocycles. The number of primary amides is 1. The Morgan fingerprint density at radius 3 is 2.51 bits per heavy atom. The van der Waals surface area contributed by atoms with Gasteiger partial charge in [0.25, 0.3) is 5.69 Å². The minimum atomic E-state index is -0.540. The summed E-state index contributed by atoms with van der Waals surface area (Å²) < 4.78 is 13.2. The maximum absolute atomic E-state index is 15.0. The second kappa shape index (κ2) is 17.3. The predicted molar refractivity (Wildman–Crippen MR) is 215 cm³/mol. The van der Waals surface area contributed by atoms with Gasteiger partial charge in [0.2, 0.25) is 5.91 Å². The van der Waals surface area contributed by atoms with Crippen molar-refractivity contribution in [3.8, 4) is 11.5 Å². The summed E-state index contributed by atoms with van der Waals surface area (Å²) in [6, 6.07) is 10.5. The van der Waals surface area contributed by atoms with Gasteiger partial charge in [0.05, 0.1) is 54.3 Å². The Balaban J connectivity index is 1.13. The normalized spacial score (nSPS) is 19.7. The highest BCUT2D eigenvalue weighted by Gasteiger charge is 2.53. The number of carbonyl (C=O) groups excluding carboxylic acids is 2. The fraction of sp³-hybridized carbons (Fsp3) is 0.537. The summed E-state index contributed by atoms with van der Waals surface area (Å²) >= 11 is 0. The Kier molecular flexibility index (Phi) is 12.1. The highest BCUT2D eigenvalue weighted by Crippen LogP contribution is 2.52. The van der Waals surface area contributed by atoms with Crippen molar-refractivity contribution in [2.75, 3.05) is 71.5 Å². The maximum atomic E-state index is 15.0. The lowest BCUT2D eigenvalue weighted by atomic mass is 9.64. The molecule has 0 radical (unpaired) electrons. The fourth-order valence-corrected chi connectivity index (χ4v) is 9.38. The standard InChI is InChI=1S/C41H54N10O6/c1-4-5-16-48(40(42)53)17-10-18-49-19-14-29-24-35(56-2)36(57-3)25-33(29)41(49)15-9-8-12-32(41)39(52)47-22-20-46(21-23-47)37-31-26-45-50(38(31)44-28-43-37)27-30-11-6-7-13-34(30)51(54)55/h6-7,11,13,24-26,28,32H,4-5,8-10,12,14-23,27H2,1-3H3,(H2,42,53)/t32?,41-/m0/s1. The van der Waals surface area contributed by atoms with Crippen molar-refractivity contribution in [2.24, 2.45) is 11.7 Å². The van der Waals surface area contributed by atoms with Crippen LogP contribution in [0.1, 0.15) is 68.6 Å². The number of ether oxygens (including phenoxy) is 2. The summed E-state index contributed by atoms with van der Waals surface area (Å²) in [5.41, 5.74) is 8.73. The van der Waals surface area contributed by atoms with Gasteiger partial charge in [0.1, 0.15) is 12.1 Å². The molecule has 2 fully saturated rings. The molecule has 1 saturated carbocycles. The number of nitrogens with zero attached hydrogens (tertiary/aromatic N) is 9. The van der Waals surface area contributed by atoms with Crippen molar-refractivity contribution in [1.29, 1.82) is 0 Å². The van der Waals surface area contributed by atoms with Crippen LogP contribution in [0.2, 0.25) is 0 Å². The Morgan fingerprint density at radius 2 is 1.77 bits per heavy atom. The van der Waals surface area contributed by atoms with Crippen molar-refractivity contribution in [3.63, 3.8) is 0 Å². The number of benzene rings is 2. The number of rotatable bonds is 14. The molecule has 2 aromatic heterocycles. The Morgan fingerprint density at radius 1 is 1.02 bits per heavy atom. The van der Waals surface area contributed by atoms with Gasteiger partial charge in [-0.05, 0) is 55.4 Å². The van der Waals surface area contributed by atoms with E-state index >= 15 is 4.79 Å². The number of methoxy groups -OCH3 is 2. The molecule has 1 unspecified atom stereocenters. The van der Waals surface area contributed by atoms with Crippen LogP contribution in [-0.4, -0.2) is 118 Å². The van der Waals surface area contributed by atoms with Crippen LogP contribution in [0.3, 0.4) is 0 Å². The third-order valence-corrected chi connectivity index (χ3v) is 12.2. The quantitative estimate of drug-likeness (QED) is 0.135. The number of amides is 3. The van der Waals surface area contributed by atoms with Gasteiger partial charge >= 0.3 is 6.03 Å². The van der Waals surface area contributed by atoms with Crippen LogP contribution in [0.5, 0.6) is 11.5 Å². The molecular weight excluding hydrogens is 729 g/mol. The number of anilines is 1. The van der Waals surface area contributed by atoms with Gasteiger partial charge in [-0.3, -0.25) is 19.8 Å². The molecule has 57 heavy (non-hydrogen) atoms. The largest absolute Gasteiger partial charge is 0.493 e. The summed E-state index contributed by atoms with van der Waals surface area (Å²) in [4.78, 5) is 56.2. The van der Waals surface area contributed by atoms with E-state index in [0.29, 0.717) is 62.0 Å².